The lowest BCUT2D eigenvalue weighted by molar-refractivity contribution is -0.127. The van der Waals surface area contributed by atoms with Crippen molar-refractivity contribution in [3.8, 4) is 50.6 Å². The summed E-state index contributed by atoms with van der Waals surface area (Å²) in [4.78, 5) is 92.6. The van der Waals surface area contributed by atoms with E-state index in [1.165, 1.54) is 32.2 Å². The number of carbonyl (C=O) groups is 2. The third-order valence-corrected chi connectivity index (χ3v) is 19.5. The van der Waals surface area contributed by atoms with Gasteiger partial charge in [-0.25, -0.2) is 34.7 Å². The van der Waals surface area contributed by atoms with Crippen molar-refractivity contribution in [1.82, 2.24) is 73.1 Å². The Morgan fingerprint density at radius 1 is 0.464 bits per heavy atom. The monoisotopic (exact) mass is 1540 g/mol. The summed E-state index contributed by atoms with van der Waals surface area (Å²) in [5.41, 5.74) is 7.17. The number of fused-ring (bicyclic) bond motifs is 3. The van der Waals surface area contributed by atoms with Gasteiger partial charge in [-0.1, -0.05) is 72.8 Å². The van der Waals surface area contributed by atoms with Gasteiger partial charge in [-0.05, 0) is 118 Å². The number of anilines is 3. The molecule has 112 heavy (non-hydrogen) atoms. The molecule has 3 atom stereocenters. The Bertz CT molecular complexity index is 5540. The third-order valence-electron chi connectivity index (χ3n) is 19.5. The first-order valence-electron chi connectivity index (χ1n) is 36.2. The number of hydrogen-bond acceptors (Lipinski definition) is 19. The van der Waals surface area contributed by atoms with Gasteiger partial charge in [0, 0.05) is 149 Å². The molecule has 0 unspecified atom stereocenters. The highest BCUT2D eigenvalue weighted by Crippen LogP contribution is 2.32. The average Bonchev–Trinajstić information content (AvgIpc) is 1.63. The highest BCUT2D eigenvalue weighted by atomic mass is 19.3. The summed E-state index contributed by atoms with van der Waals surface area (Å²) < 4.78 is 106. The molecule has 33 heteroatoms. The minimum absolute atomic E-state index is 0.000369. The predicted molar refractivity (Wildman–Crippen MR) is 410 cm³/mol. The van der Waals surface area contributed by atoms with Crippen LogP contribution in [0.25, 0.3) is 66.1 Å². The fourth-order valence-electron chi connectivity index (χ4n) is 13.8. The molecule has 6 aromatic heterocycles. The highest BCUT2D eigenvalue weighted by Gasteiger charge is 2.31. The number of likely N-dealkylation sites (tertiary alicyclic amines) is 2. The van der Waals surface area contributed by atoms with Gasteiger partial charge in [0.15, 0.2) is 0 Å². The molecule has 4 N–H and O–H groups in total. The van der Waals surface area contributed by atoms with Gasteiger partial charge in [-0.3, -0.25) is 47.3 Å². The molecule has 0 saturated carbocycles. The number of ether oxygens (including phenoxy) is 4. The molecule has 0 spiro atoms. The number of para-hydroxylation sites is 3. The Morgan fingerprint density at radius 3 is 1.11 bits per heavy atom. The first-order chi connectivity index (χ1) is 53.8. The van der Waals surface area contributed by atoms with E-state index in [2.05, 4.69) is 65.4 Å². The van der Waals surface area contributed by atoms with E-state index >= 15 is 0 Å². The van der Waals surface area contributed by atoms with Crippen LogP contribution in [0.1, 0.15) is 63.6 Å². The van der Waals surface area contributed by atoms with Gasteiger partial charge in [0.25, 0.3) is 16.7 Å². The topological polar surface area (TPSA) is 284 Å². The Labute approximate surface area is 637 Å². The lowest BCUT2D eigenvalue weighted by atomic mass is 10.1. The number of benzene rings is 6. The summed E-state index contributed by atoms with van der Waals surface area (Å²) in [5, 5.41) is 14.7. The molecule has 584 valence electrons. The summed E-state index contributed by atoms with van der Waals surface area (Å²) in [6.07, 6.45) is 12.5. The van der Waals surface area contributed by atoms with Crippen LogP contribution in [0, 0.1) is 0 Å². The zero-order valence-corrected chi connectivity index (χ0v) is 62.2. The maximum absolute atomic E-state index is 12.9. The van der Waals surface area contributed by atoms with Crippen LogP contribution >= 0.6 is 0 Å². The number of aromatic nitrogens is 12. The van der Waals surface area contributed by atoms with Crippen molar-refractivity contribution in [2.45, 2.75) is 110 Å². The molecule has 2 amide bonds. The maximum atomic E-state index is 12.9. The minimum Gasteiger partial charge on any atom is -0.444 e. The van der Waals surface area contributed by atoms with Crippen molar-refractivity contribution >= 4 is 62.6 Å². The SMILES string of the molecule is CC(=O)N1CC[C@H](Nc2ncc(-c3ccc4c(=O)n(C)n(Cc5ccccc5OC(F)F)c4c3)cn2)C1.Cn1c(=O)c2ccc(-c3cnc(N[C@H]4CCN(C(=O)OC(C)(C)C)C4)nc3)cc2n1Cc1ccccc1OC(F)F.Cn1c(=O)c2ccc(-c3cnc(N[C@H]4CCNC4)nc3)cc2n1Cc1ccccc1OC(F)F. The van der Waals surface area contributed by atoms with Gasteiger partial charge >= 0.3 is 25.9 Å². The zero-order chi connectivity index (χ0) is 79.1. The van der Waals surface area contributed by atoms with Crippen molar-refractivity contribution in [3.63, 3.8) is 0 Å². The highest BCUT2D eigenvalue weighted by molar-refractivity contribution is 5.87. The van der Waals surface area contributed by atoms with Gasteiger partial charge in [0.05, 0.1) is 52.3 Å². The molecule has 6 aromatic carbocycles. The van der Waals surface area contributed by atoms with Gasteiger partial charge < -0.3 is 50.0 Å². The molecule has 3 fully saturated rings. The second-order valence-electron chi connectivity index (χ2n) is 28.2. The fraction of sp³-hybridized carbons (Fsp3) is 0.329. The molecule has 3 aliphatic rings. The van der Waals surface area contributed by atoms with Crippen LogP contribution in [-0.4, -0.2) is 163 Å². The normalized spacial score (nSPS) is 15.6. The van der Waals surface area contributed by atoms with E-state index in [-0.39, 0.29) is 77.6 Å². The molecule has 9 heterocycles. The quantitative estimate of drug-likeness (QED) is 0.0486. The first-order valence-corrected chi connectivity index (χ1v) is 36.2. The number of halogens is 6. The molecule has 12 aromatic rings. The Morgan fingerprint density at radius 2 is 0.795 bits per heavy atom. The fourth-order valence-corrected chi connectivity index (χ4v) is 13.8. The van der Waals surface area contributed by atoms with Crippen LogP contribution < -0.4 is 52.2 Å². The molecular formula is C79H82F6N18O9. The summed E-state index contributed by atoms with van der Waals surface area (Å²) >= 11 is 0. The molecule has 0 bridgehead atoms. The van der Waals surface area contributed by atoms with Crippen molar-refractivity contribution in [2.24, 2.45) is 21.1 Å². The van der Waals surface area contributed by atoms with Crippen molar-refractivity contribution in [1.29, 1.82) is 0 Å². The van der Waals surface area contributed by atoms with Crippen molar-refractivity contribution in [3.05, 3.63) is 212 Å². The average molecular weight is 1540 g/mol. The molecule has 3 saturated heterocycles. The number of amides is 2. The van der Waals surface area contributed by atoms with Crippen LogP contribution in [-0.2, 0) is 50.3 Å². The molecular weight excluding hydrogens is 1460 g/mol. The van der Waals surface area contributed by atoms with E-state index in [0.717, 1.165) is 65.7 Å². The molecule has 0 radical (unpaired) electrons. The van der Waals surface area contributed by atoms with Crippen molar-refractivity contribution in [2.75, 3.05) is 55.2 Å². The van der Waals surface area contributed by atoms with E-state index in [0.29, 0.717) is 99.5 Å². The summed E-state index contributed by atoms with van der Waals surface area (Å²) in [5.74, 6) is 1.75. The lowest BCUT2D eigenvalue weighted by Gasteiger charge is -2.24. The van der Waals surface area contributed by atoms with Crippen LogP contribution in [0.15, 0.2) is 179 Å². The number of rotatable bonds is 21. The largest absolute Gasteiger partial charge is 0.444 e. The smallest absolute Gasteiger partial charge is 0.410 e. The number of carbonyl (C=O) groups excluding carboxylic acids is 2. The van der Waals surface area contributed by atoms with Gasteiger partial charge in [-0.15, -0.1) is 0 Å². The van der Waals surface area contributed by atoms with Crippen LogP contribution in [0.4, 0.5) is 49.0 Å². The number of hydrogen-bond donors (Lipinski definition) is 4. The van der Waals surface area contributed by atoms with Gasteiger partial charge in [0.1, 0.15) is 22.8 Å². The van der Waals surface area contributed by atoms with Crippen molar-refractivity contribution < 1.29 is 54.9 Å². The summed E-state index contributed by atoms with van der Waals surface area (Å²) in [6, 6.07) is 36.4. The second-order valence-corrected chi connectivity index (χ2v) is 28.2. The first kappa shape index (κ1) is 77.6. The zero-order valence-electron chi connectivity index (χ0n) is 62.2. The van der Waals surface area contributed by atoms with Crippen LogP contribution in [0.3, 0.4) is 0 Å². The number of alkyl halides is 6. The molecule has 3 aliphatic heterocycles. The minimum atomic E-state index is -2.96. The van der Waals surface area contributed by atoms with Crippen LogP contribution in [0.5, 0.6) is 17.2 Å². The maximum Gasteiger partial charge on any atom is 0.410 e. The van der Waals surface area contributed by atoms with E-state index < -0.39 is 25.4 Å². The Hall–Kier alpha value is -12.6. The molecule has 15 rings (SSSR count). The van der Waals surface area contributed by atoms with E-state index in [1.54, 1.807) is 162 Å². The number of nitrogens with zero attached hydrogens (tertiary/aromatic N) is 14. The standard InChI is InChI=1S/C29H32F2N6O4.C26H26F2N6O3.C24H24F2N6O2/c1-29(2,3)41-28(39)36-12-11-21(17-36)34-27-32-14-20(15-33-27)18-9-10-22-23(13-18)37(35(4)25(22)38)16-19-7-5-6-8-24(19)40-26(30)31;1-16(35)33-10-9-20(15-33)31-26-29-12-19(13-30-26)17-7-8-21-22(11-17)34(32(2)24(21)36)14-18-5-3-4-6-23(18)37-25(27)28;1-31-22(33)19-7-6-15(17-11-28-24(29-12-17)30-18-8-9-27-13-18)10-20(19)32(31)14-16-4-2-3-5-21(16)34-23(25)26/h5-10,13-15,21,26H,11-12,16-17H2,1-4H3,(H,32,33,34);3-8,11-13,20,25H,9-10,14-15H2,1-2H3,(H,29,30,31);2-7,10-12,18,23,27H,8-9,13-14H2,1H3,(H,28,29,30)/t21-;20-;18-/m000/s1. The van der Waals surface area contributed by atoms with Gasteiger partial charge in [0.2, 0.25) is 23.8 Å². The predicted octanol–water partition coefficient (Wildman–Crippen LogP) is 11.6. The second kappa shape index (κ2) is 33.7. The molecule has 27 nitrogen and oxygen atoms in total. The van der Waals surface area contributed by atoms with E-state index in [4.69, 9.17) is 4.74 Å². The lowest BCUT2D eigenvalue weighted by Crippen LogP contribution is -2.36. The van der Waals surface area contributed by atoms with Crippen LogP contribution in [0.2, 0.25) is 0 Å². The van der Waals surface area contributed by atoms with E-state index in [1.807, 2.05) is 57.2 Å². The Balaban J connectivity index is 0.000000148. The summed E-state index contributed by atoms with van der Waals surface area (Å²) in [7, 11) is 4.92. The molecule has 0 aliphatic carbocycles. The third kappa shape index (κ3) is 18.2. The number of nitrogens with one attached hydrogen (secondary N) is 4. The Kier molecular flexibility index (Phi) is 23.4. The van der Waals surface area contributed by atoms with Gasteiger partial charge in [-0.2, -0.15) is 26.3 Å². The summed E-state index contributed by atoms with van der Waals surface area (Å²) in [6.45, 7) is 3.04. The van der Waals surface area contributed by atoms with E-state index in [9.17, 15) is 50.3 Å².